The summed E-state index contributed by atoms with van der Waals surface area (Å²) >= 11 is 5.30. The van der Waals surface area contributed by atoms with E-state index in [4.69, 9.17) is 0 Å². The second-order valence-corrected chi connectivity index (χ2v) is 9.61. The number of hydrogen-bond acceptors (Lipinski definition) is 3. The molecular weight excluding hydrogens is 400 g/mol. The number of carbonyl (C=O) groups excluding carboxylic acids is 2. The Morgan fingerprint density at radius 1 is 1.16 bits per heavy atom. The van der Waals surface area contributed by atoms with Crippen molar-refractivity contribution >= 4 is 39.5 Å². The van der Waals surface area contributed by atoms with Crippen molar-refractivity contribution in [3.63, 3.8) is 0 Å². The van der Waals surface area contributed by atoms with Gasteiger partial charge in [-0.25, -0.2) is 0 Å². The van der Waals surface area contributed by atoms with E-state index in [1.165, 1.54) is 0 Å². The van der Waals surface area contributed by atoms with E-state index in [0.29, 0.717) is 12.3 Å². The van der Waals surface area contributed by atoms with Crippen LogP contribution in [-0.2, 0) is 4.79 Å². The lowest BCUT2D eigenvalue weighted by atomic mass is 9.99. The zero-order chi connectivity index (χ0) is 18.0. The van der Waals surface area contributed by atoms with Crippen molar-refractivity contribution in [1.29, 1.82) is 0 Å². The first-order valence-electron chi connectivity index (χ1n) is 8.90. The van der Waals surface area contributed by atoms with Gasteiger partial charge in [-0.05, 0) is 43.0 Å². The molecule has 1 aromatic carbocycles. The predicted octanol–water partition coefficient (Wildman–Crippen LogP) is 4.00. The van der Waals surface area contributed by atoms with Gasteiger partial charge in [0.25, 0.3) is 5.91 Å². The number of hydrogen-bond donors (Lipinski definition) is 0. The van der Waals surface area contributed by atoms with Crippen molar-refractivity contribution < 1.29 is 9.59 Å². The molecule has 0 unspecified atom stereocenters. The lowest BCUT2D eigenvalue weighted by Crippen LogP contribution is -2.53. The number of piperidine rings is 1. The Hall–Kier alpha value is -1.01. The smallest absolute Gasteiger partial charge is 0.254 e. The Bertz CT molecular complexity index is 639. The molecule has 0 bridgehead atoms. The summed E-state index contributed by atoms with van der Waals surface area (Å²) in [6, 6.07) is 7.58. The van der Waals surface area contributed by atoms with Crippen molar-refractivity contribution in [3.8, 4) is 0 Å². The molecule has 2 aliphatic rings. The maximum Gasteiger partial charge on any atom is 0.254 e. The van der Waals surface area contributed by atoms with Crippen LogP contribution in [0.2, 0.25) is 0 Å². The van der Waals surface area contributed by atoms with Gasteiger partial charge in [0.1, 0.15) is 0 Å². The van der Waals surface area contributed by atoms with Crippen LogP contribution in [0.1, 0.15) is 43.5 Å². The molecular formula is C19H25BrN2O2S. The molecule has 3 rings (SSSR count). The van der Waals surface area contributed by atoms with Crippen LogP contribution in [0.5, 0.6) is 0 Å². The average molecular weight is 425 g/mol. The number of benzene rings is 1. The fraction of sp³-hybridized carbons (Fsp3) is 0.579. The zero-order valence-corrected chi connectivity index (χ0v) is 17.2. The molecule has 2 amide bonds. The molecule has 2 fully saturated rings. The quantitative estimate of drug-likeness (QED) is 0.735. The molecule has 0 saturated carbocycles. The summed E-state index contributed by atoms with van der Waals surface area (Å²) in [5, 5.41) is 0. The third kappa shape index (κ3) is 4.05. The molecule has 2 heterocycles. The van der Waals surface area contributed by atoms with Crippen molar-refractivity contribution in [3.05, 3.63) is 34.3 Å². The topological polar surface area (TPSA) is 40.6 Å². The Labute approximate surface area is 162 Å². The highest BCUT2D eigenvalue weighted by atomic mass is 79.9. The normalized spacial score (nSPS) is 19.7. The molecule has 0 aliphatic carbocycles. The van der Waals surface area contributed by atoms with Gasteiger partial charge in [0.15, 0.2) is 0 Å². The monoisotopic (exact) mass is 424 g/mol. The van der Waals surface area contributed by atoms with E-state index >= 15 is 0 Å². The van der Waals surface area contributed by atoms with Gasteiger partial charge < -0.3 is 9.80 Å². The molecule has 2 saturated heterocycles. The van der Waals surface area contributed by atoms with Gasteiger partial charge in [-0.3, -0.25) is 9.59 Å². The van der Waals surface area contributed by atoms with Gasteiger partial charge >= 0.3 is 0 Å². The van der Waals surface area contributed by atoms with Crippen molar-refractivity contribution in [2.75, 3.05) is 25.4 Å². The summed E-state index contributed by atoms with van der Waals surface area (Å²) in [5.41, 5.74) is 0.739. The van der Waals surface area contributed by atoms with E-state index < -0.39 is 0 Å². The molecule has 6 heteroatoms. The highest BCUT2D eigenvalue weighted by Crippen LogP contribution is 2.44. The number of thioether (sulfide) groups is 1. The number of nitrogens with zero attached hydrogens (tertiary/aromatic N) is 2. The van der Waals surface area contributed by atoms with E-state index in [9.17, 15) is 9.59 Å². The van der Waals surface area contributed by atoms with Gasteiger partial charge in [-0.2, -0.15) is 0 Å². The zero-order valence-electron chi connectivity index (χ0n) is 14.8. The Balaban J connectivity index is 1.68. The first-order valence-corrected chi connectivity index (χ1v) is 10.7. The van der Waals surface area contributed by atoms with E-state index in [1.807, 2.05) is 45.8 Å². The molecule has 1 aromatic rings. The van der Waals surface area contributed by atoms with Gasteiger partial charge in [-0.1, -0.05) is 29.8 Å². The largest absolute Gasteiger partial charge is 0.342 e. The number of halogens is 1. The maximum absolute atomic E-state index is 13.0. The highest BCUT2D eigenvalue weighted by Gasteiger charge is 2.46. The van der Waals surface area contributed by atoms with Crippen LogP contribution in [-0.4, -0.2) is 51.9 Å². The Kier molecular flexibility index (Phi) is 5.78. The van der Waals surface area contributed by atoms with Crippen molar-refractivity contribution in [1.82, 2.24) is 9.80 Å². The summed E-state index contributed by atoms with van der Waals surface area (Å²) in [7, 11) is 0. The van der Waals surface area contributed by atoms with E-state index in [1.54, 1.807) is 0 Å². The maximum atomic E-state index is 13.0. The summed E-state index contributed by atoms with van der Waals surface area (Å²) in [6.45, 7) is 6.45. The first-order chi connectivity index (χ1) is 11.9. The van der Waals surface area contributed by atoms with Crippen LogP contribution < -0.4 is 0 Å². The summed E-state index contributed by atoms with van der Waals surface area (Å²) < 4.78 is 0.978. The molecule has 2 aliphatic heterocycles. The number of amides is 2. The second kappa shape index (κ2) is 7.70. The molecule has 1 spiro atoms. The van der Waals surface area contributed by atoms with E-state index in [0.717, 1.165) is 48.3 Å². The number of carbonyl (C=O) groups is 2. The van der Waals surface area contributed by atoms with Crippen molar-refractivity contribution in [2.45, 2.75) is 38.0 Å². The van der Waals surface area contributed by atoms with Gasteiger partial charge in [0.05, 0.1) is 4.87 Å². The van der Waals surface area contributed by atoms with Crippen LogP contribution in [0.15, 0.2) is 28.7 Å². The van der Waals surface area contributed by atoms with Gasteiger partial charge in [-0.15, -0.1) is 11.8 Å². The first kappa shape index (κ1) is 18.8. The summed E-state index contributed by atoms with van der Waals surface area (Å²) in [6.07, 6.45) is 2.34. The minimum Gasteiger partial charge on any atom is -0.342 e. The second-order valence-electron chi connectivity index (χ2n) is 7.24. The lowest BCUT2D eigenvalue weighted by molar-refractivity contribution is -0.133. The van der Waals surface area contributed by atoms with Crippen LogP contribution >= 0.6 is 27.7 Å². The molecule has 136 valence electrons. The van der Waals surface area contributed by atoms with Crippen LogP contribution in [0.25, 0.3) is 0 Å². The van der Waals surface area contributed by atoms with Gasteiger partial charge in [0.2, 0.25) is 5.91 Å². The molecule has 0 aromatic heterocycles. The standard InChI is InChI=1S/C19H25BrN2O2S/c1-14(2)13-17(23)21-9-7-19(8-10-21)22(11-12-25-19)18(24)15-3-5-16(20)6-4-15/h3-6,14H,7-13H2,1-2H3. The highest BCUT2D eigenvalue weighted by molar-refractivity contribution is 9.10. The number of likely N-dealkylation sites (tertiary alicyclic amines) is 1. The molecule has 4 nitrogen and oxygen atoms in total. The third-order valence-corrected chi connectivity index (χ3v) is 7.08. The average Bonchev–Trinajstić information content (AvgIpc) is 2.98. The minimum absolute atomic E-state index is 0.111. The van der Waals surface area contributed by atoms with Crippen molar-refractivity contribution in [2.24, 2.45) is 5.92 Å². The summed E-state index contributed by atoms with van der Waals surface area (Å²) in [4.78, 5) is 29.2. The predicted molar refractivity (Wildman–Crippen MR) is 106 cm³/mol. The van der Waals surface area contributed by atoms with E-state index in [2.05, 4.69) is 29.8 Å². The van der Waals surface area contributed by atoms with Crippen LogP contribution in [0, 0.1) is 5.92 Å². The molecule has 25 heavy (non-hydrogen) atoms. The third-order valence-electron chi connectivity index (χ3n) is 4.99. The fourth-order valence-corrected chi connectivity index (χ4v) is 5.36. The lowest BCUT2D eigenvalue weighted by Gasteiger charge is -2.44. The molecule has 0 atom stereocenters. The molecule has 0 radical (unpaired) electrons. The SMILES string of the molecule is CC(C)CC(=O)N1CCC2(CC1)SCCN2C(=O)c1ccc(Br)cc1. The van der Waals surface area contributed by atoms with Crippen LogP contribution in [0.4, 0.5) is 0 Å². The Morgan fingerprint density at radius 3 is 2.40 bits per heavy atom. The fourth-order valence-electron chi connectivity index (χ4n) is 3.64. The minimum atomic E-state index is -0.140. The summed E-state index contributed by atoms with van der Waals surface area (Å²) in [5.74, 6) is 1.72. The van der Waals surface area contributed by atoms with Crippen LogP contribution in [0.3, 0.4) is 0 Å². The van der Waals surface area contributed by atoms with Gasteiger partial charge in [0, 0.05) is 41.8 Å². The molecule has 0 N–H and O–H groups in total. The van der Waals surface area contributed by atoms with E-state index in [-0.39, 0.29) is 16.7 Å². The Morgan fingerprint density at radius 2 is 1.80 bits per heavy atom. The number of rotatable bonds is 3.